The number of nitrogens with one attached hydrogen (secondary N) is 2. The van der Waals surface area contributed by atoms with Gasteiger partial charge in [-0.1, -0.05) is 25.0 Å². The Hall–Kier alpha value is -1.81. The van der Waals surface area contributed by atoms with Crippen molar-refractivity contribution in [3.8, 4) is 5.75 Å². The Morgan fingerprint density at radius 2 is 1.74 bits per heavy atom. The van der Waals surface area contributed by atoms with Gasteiger partial charge in [-0.15, -0.1) is 0 Å². The number of rotatable bonds is 6. The summed E-state index contributed by atoms with van der Waals surface area (Å²) in [5, 5.41) is 5.58. The third-order valence-corrected chi connectivity index (χ3v) is 6.60. The van der Waals surface area contributed by atoms with E-state index in [1.807, 2.05) is 22.6 Å². The number of hydrogen-bond acceptors (Lipinski definition) is 4. The number of carbonyl (C=O) groups is 1. The minimum absolute atomic E-state index is 0.0269. The van der Waals surface area contributed by atoms with Crippen molar-refractivity contribution in [1.29, 1.82) is 0 Å². The number of carbonyl (C=O) groups excluding carboxylic acids is 1. The summed E-state index contributed by atoms with van der Waals surface area (Å²) in [6, 6.07) is 12.5. The van der Waals surface area contributed by atoms with Gasteiger partial charge in [-0.05, 0) is 77.7 Å². The zero-order chi connectivity index (χ0) is 19.3. The van der Waals surface area contributed by atoms with Gasteiger partial charge >= 0.3 is 16.1 Å². The Labute approximate surface area is 173 Å². The van der Waals surface area contributed by atoms with Crippen molar-refractivity contribution in [2.24, 2.45) is 5.92 Å². The molecule has 1 saturated carbocycles. The van der Waals surface area contributed by atoms with Gasteiger partial charge in [-0.2, -0.15) is 8.42 Å². The summed E-state index contributed by atoms with van der Waals surface area (Å²) in [4.78, 5) is 12.0. The van der Waals surface area contributed by atoms with Crippen molar-refractivity contribution >= 4 is 44.4 Å². The molecule has 27 heavy (non-hydrogen) atoms. The first-order valence-electron chi connectivity index (χ1n) is 8.78. The van der Waals surface area contributed by atoms with Crippen LogP contribution in [0.15, 0.2) is 53.4 Å². The quantitative estimate of drug-likeness (QED) is 0.456. The van der Waals surface area contributed by atoms with Gasteiger partial charge < -0.3 is 14.8 Å². The van der Waals surface area contributed by atoms with E-state index in [4.69, 9.17) is 4.18 Å². The molecule has 1 aliphatic rings. The van der Waals surface area contributed by atoms with E-state index in [0.29, 0.717) is 21.7 Å². The first-order chi connectivity index (χ1) is 12.9. The van der Waals surface area contributed by atoms with Crippen LogP contribution in [0.5, 0.6) is 5.75 Å². The normalized spacial score (nSPS) is 14.7. The molecule has 0 radical (unpaired) electrons. The molecule has 6 nitrogen and oxygen atoms in total. The molecular formula is C19H21IN2O4S. The maximum absolute atomic E-state index is 12.4. The predicted octanol–water partition coefficient (Wildman–Crippen LogP) is 4.37. The molecule has 0 spiro atoms. The van der Waals surface area contributed by atoms with Gasteiger partial charge in [-0.25, -0.2) is 4.79 Å². The number of hydrogen-bond donors (Lipinski definition) is 2. The summed E-state index contributed by atoms with van der Waals surface area (Å²) in [5.74, 6) is 0.841. The van der Waals surface area contributed by atoms with E-state index in [9.17, 15) is 13.2 Å². The van der Waals surface area contributed by atoms with Crippen LogP contribution in [0.2, 0.25) is 0 Å². The highest BCUT2D eigenvalue weighted by molar-refractivity contribution is 14.1. The largest absolute Gasteiger partial charge is 0.378 e. The van der Waals surface area contributed by atoms with Crippen molar-refractivity contribution in [3.63, 3.8) is 0 Å². The lowest BCUT2D eigenvalue weighted by Crippen LogP contribution is -2.32. The molecule has 2 N–H and O–H groups in total. The Morgan fingerprint density at radius 3 is 2.41 bits per heavy atom. The average Bonchev–Trinajstić information content (AvgIpc) is 3.16. The minimum Gasteiger partial charge on any atom is -0.378 e. The molecule has 2 aromatic rings. The molecule has 0 atom stereocenters. The van der Waals surface area contributed by atoms with Crippen molar-refractivity contribution in [2.45, 2.75) is 30.6 Å². The molecular weight excluding hydrogens is 479 g/mol. The molecule has 8 heteroatoms. The molecule has 2 amide bonds. The second-order valence-corrected chi connectivity index (χ2v) is 9.19. The molecule has 144 valence electrons. The molecule has 0 aromatic heterocycles. The van der Waals surface area contributed by atoms with E-state index in [0.717, 1.165) is 12.8 Å². The van der Waals surface area contributed by atoms with E-state index >= 15 is 0 Å². The number of benzene rings is 2. The van der Waals surface area contributed by atoms with Gasteiger partial charge in [0.05, 0.1) is 3.57 Å². The fourth-order valence-corrected chi connectivity index (χ4v) is 4.60. The Balaban J connectivity index is 1.58. The van der Waals surface area contributed by atoms with Gasteiger partial charge in [0.2, 0.25) is 0 Å². The summed E-state index contributed by atoms with van der Waals surface area (Å²) < 4.78 is 30.7. The van der Waals surface area contributed by atoms with Crippen molar-refractivity contribution in [3.05, 3.63) is 52.1 Å². The zero-order valence-electron chi connectivity index (χ0n) is 14.7. The van der Waals surface area contributed by atoms with Crippen LogP contribution >= 0.6 is 22.6 Å². The predicted molar refractivity (Wildman–Crippen MR) is 112 cm³/mol. The van der Waals surface area contributed by atoms with Crippen LogP contribution in [-0.4, -0.2) is 21.0 Å². The SMILES string of the molecule is O=C(NCC1CCCC1)Nc1ccc(S(=O)(=O)Oc2ccccc2I)cc1. The Kier molecular flexibility index (Phi) is 6.59. The lowest BCUT2D eigenvalue weighted by atomic mass is 10.1. The Morgan fingerprint density at radius 1 is 1.07 bits per heavy atom. The number of amides is 2. The van der Waals surface area contributed by atoms with Crippen LogP contribution in [0.25, 0.3) is 0 Å². The highest BCUT2D eigenvalue weighted by atomic mass is 127. The summed E-state index contributed by atoms with van der Waals surface area (Å²) in [6.45, 7) is 0.668. The molecule has 0 unspecified atom stereocenters. The molecule has 0 aliphatic heterocycles. The van der Waals surface area contributed by atoms with E-state index in [-0.39, 0.29) is 16.7 Å². The maximum atomic E-state index is 12.4. The second kappa shape index (κ2) is 8.92. The van der Waals surface area contributed by atoms with Gasteiger partial charge in [0, 0.05) is 12.2 Å². The summed E-state index contributed by atoms with van der Waals surface area (Å²) in [7, 11) is -3.94. The summed E-state index contributed by atoms with van der Waals surface area (Å²) in [5.41, 5.74) is 0.521. The number of anilines is 1. The molecule has 0 bridgehead atoms. The molecule has 1 aliphatic carbocycles. The van der Waals surface area contributed by atoms with E-state index < -0.39 is 10.1 Å². The molecule has 1 fully saturated rings. The maximum Gasteiger partial charge on any atom is 0.339 e. The molecule has 3 rings (SSSR count). The highest BCUT2D eigenvalue weighted by Crippen LogP contribution is 2.25. The first kappa shape index (κ1) is 19.9. The van der Waals surface area contributed by atoms with Gasteiger partial charge in [0.15, 0.2) is 5.75 Å². The molecule has 2 aromatic carbocycles. The monoisotopic (exact) mass is 500 g/mol. The van der Waals surface area contributed by atoms with E-state index in [2.05, 4.69) is 10.6 Å². The van der Waals surface area contributed by atoms with Crippen LogP contribution in [0, 0.1) is 9.49 Å². The fourth-order valence-electron chi connectivity index (χ4n) is 3.01. The number of para-hydroxylation sites is 1. The van der Waals surface area contributed by atoms with Crippen molar-refractivity contribution in [1.82, 2.24) is 5.32 Å². The van der Waals surface area contributed by atoms with Gasteiger partial charge in [0.1, 0.15) is 4.90 Å². The van der Waals surface area contributed by atoms with Crippen LogP contribution in [0.3, 0.4) is 0 Å². The summed E-state index contributed by atoms with van der Waals surface area (Å²) >= 11 is 2.02. The van der Waals surface area contributed by atoms with Crippen LogP contribution in [-0.2, 0) is 10.1 Å². The second-order valence-electron chi connectivity index (χ2n) is 6.48. The lowest BCUT2D eigenvalue weighted by molar-refractivity contribution is 0.250. The van der Waals surface area contributed by atoms with Gasteiger partial charge in [-0.3, -0.25) is 0 Å². The third kappa shape index (κ3) is 5.58. The minimum atomic E-state index is -3.94. The van der Waals surface area contributed by atoms with Crippen molar-refractivity contribution < 1.29 is 17.4 Å². The van der Waals surface area contributed by atoms with Crippen LogP contribution < -0.4 is 14.8 Å². The van der Waals surface area contributed by atoms with Gasteiger partial charge in [0.25, 0.3) is 0 Å². The van der Waals surface area contributed by atoms with Crippen molar-refractivity contribution in [2.75, 3.05) is 11.9 Å². The Bertz CT molecular complexity index is 894. The standard InChI is InChI=1S/C19H21IN2O4S/c20-17-7-3-4-8-18(17)26-27(24,25)16-11-9-15(10-12-16)22-19(23)21-13-14-5-1-2-6-14/h3-4,7-12,14H,1-2,5-6,13H2,(H2,21,22,23). The third-order valence-electron chi connectivity index (χ3n) is 4.46. The smallest absolute Gasteiger partial charge is 0.339 e. The molecule has 0 saturated heterocycles. The van der Waals surface area contributed by atoms with Crippen LogP contribution in [0.4, 0.5) is 10.5 Å². The van der Waals surface area contributed by atoms with E-state index in [1.165, 1.54) is 25.0 Å². The summed E-state index contributed by atoms with van der Waals surface area (Å²) in [6.07, 6.45) is 4.78. The van der Waals surface area contributed by atoms with E-state index in [1.54, 1.807) is 36.4 Å². The average molecular weight is 500 g/mol. The fraction of sp³-hybridized carbons (Fsp3) is 0.316. The zero-order valence-corrected chi connectivity index (χ0v) is 17.6. The number of halogens is 1. The van der Waals surface area contributed by atoms with Crippen LogP contribution in [0.1, 0.15) is 25.7 Å². The number of urea groups is 1. The first-order valence-corrected chi connectivity index (χ1v) is 11.3. The lowest BCUT2D eigenvalue weighted by Gasteiger charge is -2.12. The molecule has 0 heterocycles. The highest BCUT2D eigenvalue weighted by Gasteiger charge is 2.18. The topological polar surface area (TPSA) is 84.5 Å².